The Balaban J connectivity index is 2.09. The van der Waals surface area contributed by atoms with Gasteiger partial charge in [-0.25, -0.2) is 0 Å². The third kappa shape index (κ3) is 1.99. The van der Waals surface area contributed by atoms with E-state index in [2.05, 4.69) is 54.9 Å². The molecule has 0 atom stereocenters. The second kappa shape index (κ2) is 4.47. The molecule has 0 amide bonds. The predicted octanol–water partition coefficient (Wildman–Crippen LogP) is 3.89. The molecule has 0 fully saturated rings. The van der Waals surface area contributed by atoms with Crippen LogP contribution in [-0.2, 0) is 6.54 Å². The van der Waals surface area contributed by atoms with E-state index < -0.39 is 0 Å². The summed E-state index contributed by atoms with van der Waals surface area (Å²) in [6.45, 7) is 5.23. The summed E-state index contributed by atoms with van der Waals surface area (Å²) in [5, 5.41) is 1.13. The average molecular weight is 250 g/mol. The van der Waals surface area contributed by atoms with Gasteiger partial charge in [-0.05, 0) is 48.7 Å². The number of hydrogen-bond acceptors (Lipinski definition) is 1. The van der Waals surface area contributed by atoms with Crippen molar-refractivity contribution in [3.63, 3.8) is 0 Å². The highest BCUT2D eigenvalue weighted by molar-refractivity contribution is 5.91. The third-order valence-corrected chi connectivity index (χ3v) is 3.82. The number of hydrogen-bond donors (Lipinski definition) is 1. The molecular formula is C17H18N2. The number of anilines is 1. The number of rotatable bonds is 2. The normalized spacial score (nSPS) is 11.1. The second-order valence-electron chi connectivity index (χ2n) is 5.09. The fourth-order valence-electron chi connectivity index (χ4n) is 2.65. The number of aromatic nitrogens is 1. The molecule has 0 aliphatic heterocycles. The van der Waals surface area contributed by atoms with E-state index in [1.807, 2.05) is 12.1 Å². The zero-order chi connectivity index (χ0) is 13.4. The van der Waals surface area contributed by atoms with Crippen LogP contribution in [-0.4, -0.2) is 4.57 Å². The number of aryl methyl sites for hydroxylation is 2. The molecule has 0 saturated heterocycles. The summed E-state index contributed by atoms with van der Waals surface area (Å²) in [6.07, 6.45) is 2.12. The zero-order valence-corrected chi connectivity index (χ0v) is 11.4. The van der Waals surface area contributed by atoms with Crippen molar-refractivity contribution >= 4 is 16.6 Å². The summed E-state index contributed by atoms with van der Waals surface area (Å²) in [7, 11) is 0. The van der Waals surface area contributed by atoms with Crippen molar-refractivity contribution in [1.82, 2.24) is 4.57 Å². The van der Waals surface area contributed by atoms with Gasteiger partial charge in [-0.2, -0.15) is 0 Å². The predicted molar refractivity (Wildman–Crippen MR) is 81.4 cm³/mol. The zero-order valence-electron chi connectivity index (χ0n) is 11.4. The van der Waals surface area contributed by atoms with Crippen molar-refractivity contribution in [1.29, 1.82) is 0 Å². The Morgan fingerprint density at radius 1 is 0.947 bits per heavy atom. The molecule has 0 spiro atoms. The Labute approximate surface area is 113 Å². The lowest BCUT2D eigenvalue weighted by molar-refractivity contribution is 0.824. The SMILES string of the molecule is Cc1cccc(C)c1Cn1ccc2c(N)cccc21. The van der Waals surface area contributed by atoms with Crippen molar-refractivity contribution in [3.8, 4) is 0 Å². The van der Waals surface area contributed by atoms with Crippen LogP contribution in [0.15, 0.2) is 48.7 Å². The van der Waals surface area contributed by atoms with Crippen molar-refractivity contribution < 1.29 is 0 Å². The molecule has 0 bridgehead atoms. The van der Waals surface area contributed by atoms with E-state index in [0.717, 1.165) is 17.6 Å². The number of nitrogen functional groups attached to an aromatic ring is 1. The summed E-state index contributed by atoms with van der Waals surface area (Å²) >= 11 is 0. The molecule has 0 aliphatic carbocycles. The highest BCUT2D eigenvalue weighted by atomic mass is 15.0. The second-order valence-corrected chi connectivity index (χ2v) is 5.09. The minimum absolute atomic E-state index is 0.845. The fourth-order valence-corrected chi connectivity index (χ4v) is 2.65. The molecule has 1 aromatic heterocycles. The molecule has 2 nitrogen and oxygen atoms in total. The van der Waals surface area contributed by atoms with Crippen LogP contribution in [0.4, 0.5) is 5.69 Å². The van der Waals surface area contributed by atoms with Gasteiger partial charge in [0.25, 0.3) is 0 Å². The minimum atomic E-state index is 0.845. The Hall–Kier alpha value is -2.22. The first-order valence-electron chi connectivity index (χ1n) is 6.55. The van der Waals surface area contributed by atoms with Gasteiger partial charge in [0, 0.05) is 23.8 Å². The molecule has 2 heteroatoms. The third-order valence-electron chi connectivity index (χ3n) is 3.82. The van der Waals surface area contributed by atoms with Gasteiger partial charge in [0.15, 0.2) is 0 Å². The number of fused-ring (bicyclic) bond motifs is 1. The standard InChI is InChI=1S/C17H18N2/c1-12-5-3-6-13(2)15(12)11-19-10-9-14-16(18)7-4-8-17(14)19/h3-10H,11,18H2,1-2H3. The number of benzene rings is 2. The van der Waals surface area contributed by atoms with Crippen LogP contribution in [0.3, 0.4) is 0 Å². The van der Waals surface area contributed by atoms with Gasteiger partial charge in [-0.1, -0.05) is 24.3 Å². The van der Waals surface area contributed by atoms with Gasteiger partial charge in [-0.15, -0.1) is 0 Å². The molecule has 0 saturated carbocycles. The molecular weight excluding hydrogens is 232 g/mol. The monoisotopic (exact) mass is 250 g/mol. The fraction of sp³-hybridized carbons (Fsp3) is 0.176. The molecule has 2 aromatic carbocycles. The van der Waals surface area contributed by atoms with E-state index in [1.165, 1.54) is 22.2 Å². The molecule has 0 unspecified atom stereocenters. The van der Waals surface area contributed by atoms with Crippen molar-refractivity contribution in [2.75, 3.05) is 5.73 Å². The molecule has 2 N–H and O–H groups in total. The van der Waals surface area contributed by atoms with E-state index in [-0.39, 0.29) is 0 Å². The summed E-state index contributed by atoms with van der Waals surface area (Å²) in [5.41, 5.74) is 12.1. The van der Waals surface area contributed by atoms with Gasteiger partial charge in [-0.3, -0.25) is 0 Å². The highest BCUT2D eigenvalue weighted by Gasteiger charge is 2.07. The van der Waals surface area contributed by atoms with Gasteiger partial charge >= 0.3 is 0 Å². The van der Waals surface area contributed by atoms with E-state index in [9.17, 15) is 0 Å². The maximum atomic E-state index is 6.01. The van der Waals surface area contributed by atoms with Crippen LogP contribution in [0.2, 0.25) is 0 Å². The average Bonchev–Trinajstić information content (AvgIpc) is 2.79. The van der Waals surface area contributed by atoms with Gasteiger partial charge in [0.05, 0.1) is 5.52 Å². The van der Waals surface area contributed by atoms with Crippen molar-refractivity contribution in [2.45, 2.75) is 20.4 Å². The molecule has 19 heavy (non-hydrogen) atoms. The van der Waals surface area contributed by atoms with Crippen LogP contribution < -0.4 is 5.73 Å². The largest absolute Gasteiger partial charge is 0.398 e. The van der Waals surface area contributed by atoms with Crippen LogP contribution in [0, 0.1) is 13.8 Å². The van der Waals surface area contributed by atoms with Crippen molar-refractivity contribution in [3.05, 3.63) is 65.4 Å². The summed E-state index contributed by atoms with van der Waals surface area (Å²) in [6, 6.07) is 14.6. The Kier molecular flexibility index (Phi) is 2.79. The Bertz CT molecular complexity index is 718. The van der Waals surface area contributed by atoms with E-state index in [1.54, 1.807) is 0 Å². The van der Waals surface area contributed by atoms with Gasteiger partial charge < -0.3 is 10.3 Å². The van der Waals surface area contributed by atoms with E-state index in [0.29, 0.717) is 0 Å². The molecule has 1 heterocycles. The van der Waals surface area contributed by atoms with Crippen molar-refractivity contribution in [2.24, 2.45) is 0 Å². The molecule has 0 aliphatic rings. The van der Waals surface area contributed by atoms with Crippen LogP contribution in [0.5, 0.6) is 0 Å². The van der Waals surface area contributed by atoms with Crippen LogP contribution in [0.25, 0.3) is 10.9 Å². The first-order valence-corrected chi connectivity index (χ1v) is 6.55. The number of nitrogens with zero attached hydrogens (tertiary/aromatic N) is 1. The maximum Gasteiger partial charge on any atom is 0.0504 e. The minimum Gasteiger partial charge on any atom is -0.398 e. The molecule has 3 rings (SSSR count). The lowest BCUT2D eigenvalue weighted by Crippen LogP contribution is -2.02. The summed E-state index contributed by atoms with van der Waals surface area (Å²) < 4.78 is 2.26. The quantitative estimate of drug-likeness (QED) is 0.687. The molecule has 96 valence electrons. The lowest BCUT2D eigenvalue weighted by Gasteiger charge is -2.12. The first kappa shape index (κ1) is 11.8. The lowest BCUT2D eigenvalue weighted by atomic mass is 10.0. The topological polar surface area (TPSA) is 30.9 Å². The smallest absolute Gasteiger partial charge is 0.0504 e. The summed E-state index contributed by atoms with van der Waals surface area (Å²) in [5.74, 6) is 0. The van der Waals surface area contributed by atoms with Gasteiger partial charge in [0.2, 0.25) is 0 Å². The number of nitrogens with two attached hydrogens (primary N) is 1. The maximum absolute atomic E-state index is 6.01. The van der Waals surface area contributed by atoms with E-state index >= 15 is 0 Å². The van der Waals surface area contributed by atoms with Crippen LogP contribution >= 0.6 is 0 Å². The molecule has 0 radical (unpaired) electrons. The van der Waals surface area contributed by atoms with E-state index in [4.69, 9.17) is 5.73 Å². The molecule has 3 aromatic rings. The van der Waals surface area contributed by atoms with Crippen LogP contribution in [0.1, 0.15) is 16.7 Å². The summed E-state index contributed by atoms with van der Waals surface area (Å²) in [4.78, 5) is 0. The first-order chi connectivity index (χ1) is 9.16. The van der Waals surface area contributed by atoms with Gasteiger partial charge in [0.1, 0.15) is 0 Å². The highest BCUT2D eigenvalue weighted by Crippen LogP contribution is 2.24. The Morgan fingerprint density at radius 3 is 2.37 bits per heavy atom. The Morgan fingerprint density at radius 2 is 1.63 bits per heavy atom.